The van der Waals surface area contributed by atoms with Crippen LogP contribution in [0.25, 0.3) is 0 Å². The molecule has 3 aliphatic rings. The molecular formula is C31H40ClN3O7. The van der Waals surface area contributed by atoms with Crippen LogP contribution < -0.4 is 10.2 Å². The summed E-state index contributed by atoms with van der Waals surface area (Å²) in [6, 6.07) is 5.16. The second kappa shape index (κ2) is 13.4. The van der Waals surface area contributed by atoms with Crippen LogP contribution in [0.15, 0.2) is 49.6 Å². The molecule has 0 radical (unpaired) electrons. The van der Waals surface area contributed by atoms with E-state index in [2.05, 4.69) is 18.5 Å². The molecule has 10 nitrogen and oxygen atoms in total. The van der Waals surface area contributed by atoms with Gasteiger partial charge in [-0.3, -0.25) is 19.2 Å². The highest BCUT2D eigenvalue weighted by Gasteiger charge is 2.75. The molecule has 3 aliphatic heterocycles. The number of allylic oxidation sites excluding steroid dienone is 1. The van der Waals surface area contributed by atoms with Gasteiger partial charge in [0.2, 0.25) is 11.8 Å². The fraction of sp³-hybridized carbons (Fsp3) is 0.548. The number of anilines is 1. The van der Waals surface area contributed by atoms with Crippen molar-refractivity contribution in [1.82, 2.24) is 10.2 Å². The molecule has 42 heavy (non-hydrogen) atoms. The first-order chi connectivity index (χ1) is 20.1. The molecular weight excluding hydrogens is 562 g/mol. The number of ether oxygens (including phenoxy) is 2. The van der Waals surface area contributed by atoms with Gasteiger partial charge in [-0.25, -0.2) is 0 Å². The first-order valence-corrected chi connectivity index (χ1v) is 14.9. The maximum atomic E-state index is 14.5. The van der Waals surface area contributed by atoms with Gasteiger partial charge in [0.25, 0.3) is 5.91 Å². The fourth-order valence-corrected chi connectivity index (χ4v) is 6.84. The number of carbonyl (C=O) groups excluding carboxylic acids is 4. The Morgan fingerprint density at radius 2 is 2.05 bits per heavy atom. The normalized spacial score (nSPS) is 27.2. The number of benzene rings is 1. The summed E-state index contributed by atoms with van der Waals surface area (Å²) in [6.45, 7) is 10.8. The van der Waals surface area contributed by atoms with Crippen molar-refractivity contribution in [3.8, 4) is 0 Å². The number of nitrogens with one attached hydrogen (secondary N) is 1. The molecule has 7 atom stereocenters. The lowest BCUT2D eigenvalue weighted by atomic mass is 9.70. The highest BCUT2D eigenvalue weighted by atomic mass is 35.5. The van der Waals surface area contributed by atoms with Crippen LogP contribution in [0.2, 0.25) is 5.02 Å². The maximum Gasteiger partial charge on any atom is 0.312 e. The summed E-state index contributed by atoms with van der Waals surface area (Å²) < 4.78 is 12.2. The molecule has 2 bridgehead atoms. The number of hydrogen-bond donors (Lipinski definition) is 2. The SMILES string of the molecule is C=CCCC(=O)NC[C@H](C)OC(=O)[C@@H]1[C@H]2C(=O)N([C@@H](CC)CO)[C@H](C(=O)N(CC=C)c3ccccc3Cl)[C@]23CC[C@H]1O3. The summed E-state index contributed by atoms with van der Waals surface area (Å²) >= 11 is 6.49. The van der Waals surface area contributed by atoms with Gasteiger partial charge in [-0.1, -0.05) is 42.8 Å². The minimum absolute atomic E-state index is 0.119. The van der Waals surface area contributed by atoms with Crippen LogP contribution in [-0.2, 0) is 28.7 Å². The molecule has 0 aliphatic carbocycles. The second-order valence-corrected chi connectivity index (χ2v) is 11.5. The lowest BCUT2D eigenvalue weighted by molar-refractivity contribution is -0.159. The summed E-state index contributed by atoms with van der Waals surface area (Å²) in [5.41, 5.74) is -0.811. The van der Waals surface area contributed by atoms with E-state index in [9.17, 15) is 24.3 Å². The Balaban J connectivity index is 1.64. The third-order valence-corrected chi connectivity index (χ3v) is 8.84. The molecule has 3 amide bonds. The van der Waals surface area contributed by atoms with Crippen molar-refractivity contribution in [2.45, 2.75) is 75.8 Å². The van der Waals surface area contributed by atoms with Crippen LogP contribution in [0, 0.1) is 11.8 Å². The fourth-order valence-electron chi connectivity index (χ4n) is 6.60. The number of likely N-dealkylation sites (tertiary alicyclic amines) is 1. The molecule has 0 aromatic heterocycles. The topological polar surface area (TPSA) is 125 Å². The van der Waals surface area contributed by atoms with Crippen molar-refractivity contribution in [3.05, 3.63) is 54.6 Å². The number of aliphatic hydroxyl groups is 1. The molecule has 0 unspecified atom stereocenters. The largest absolute Gasteiger partial charge is 0.460 e. The second-order valence-electron chi connectivity index (χ2n) is 11.1. The van der Waals surface area contributed by atoms with Crippen molar-refractivity contribution in [2.75, 3.05) is 24.6 Å². The number of fused-ring (bicyclic) bond motifs is 1. The van der Waals surface area contributed by atoms with Gasteiger partial charge in [-0.15, -0.1) is 13.2 Å². The number of halogens is 1. The molecule has 11 heteroatoms. The van der Waals surface area contributed by atoms with E-state index < -0.39 is 59.5 Å². The van der Waals surface area contributed by atoms with E-state index >= 15 is 0 Å². The minimum Gasteiger partial charge on any atom is -0.460 e. The number of esters is 1. The Hall–Kier alpha value is -3.21. The summed E-state index contributed by atoms with van der Waals surface area (Å²) in [6.07, 6.45) is 4.07. The van der Waals surface area contributed by atoms with Gasteiger partial charge >= 0.3 is 5.97 Å². The third kappa shape index (κ3) is 5.72. The molecule has 2 N–H and O–H groups in total. The predicted molar refractivity (Wildman–Crippen MR) is 158 cm³/mol. The third-order valence-electron chi connectivity index (χ3n) is 8.52. The van der Waals surface area contributed by atoms with E-state index in [0.29, 0.717) is 36.4 Å². The quantitative estimate of drug-likeness (QED) is 0.248. The molecule has 4 rings (SSSR count). The van der Waals surface area contributed by atoms with Crippen LogP contribution in [-0.4, -0.2) is 83.3 Å². The van der Waals surface area contributed by atoms with Crippen molar-refractivity contribution < 1.29 is 33.8 Å². The van der Waals surface area contributed by atoms with E-state index in [-0.39, 0.29) is 32.0 Å². The highest BCUT2D eigenvalue weighted by molar-refractivity contribution is 6.34. The van der Waals surface area contributed by atoms with Crippen molar-refractivity contribution in [2.24, 2.45) is 11.8 Å². The van der Waals surface area contributed by atoms with E-state index in [4.69, 9.17) is 21.1 Å². The van der Waals surface area contributed by atoms with Gasteiger partial charge < -0.3 is 29.7 Å². The van der Waals surface area contributed by atoms with E-state index in [1.165, 1.54) is 9.80 Å². The van der Waals surface area contributed by atoms with Gasteiger partial charge in [-0.05, 0) is 44.7 Å². The van der Waals surface area contributed by atoms with Crippen LogP contribution in [0.5, 0.6) is 0 Å². The van der Waals surface area contributed by atoms with Gasteiger partial charge in [0.1, 0.15) is 17.7 Å². The molecule has 1 aromatic rings. The van der Waals surface area contributed by atoms with Gasteiger partial charge in [0.05, 0.1) is 47.8 Å². The zero-order valence-corrected chi connectivity index (χ0v) is 24.9. The molecule has 3 heterocycles. The average Bonchev–Trinajstić information content (AvgIpc) is 3.62. The Kier molecular flexibility index (Phi) is 10.1. The zero-order valence-electron chi connectivity index (χ0n) is 24.2. The number of carbonyl (C=O) groups is 4. The van der Waals surface area contributed by atoms with Crippen molar-refractivity contribution >= 4 is 41.0 Å². The Morgan fingerprint density at radius 1 is 1.31 bits per heavy atom. The van der Waals surface area contributed by atoms with Crippen LogP contribution >= 0.6 is 11.6 Å². The average molecular weight is 602 g/mol. The van der Waals surface area contributed by atoms with E-state index in [1.807, 2.05) is 6.92 Å². The zero-order chi connectivity index (χ0) is 30.6. The smallest absolute Gasteiger partial charge is 0.312 e. The van der Waals surface area contributed by atoms with Crippen LogP contribution in [0.1, 0.15) is 46.0 Å². The number of nitrogens with zero attached hydrogens (tertiary/aromatic N) is 2. The van der Waals surface area contributed by atoms with Gasteiger partial charge in [-0.2, -0.15) is 0 Å². The Morgan fingerprint density at radius 3 is 2.69 bits per heavy atom. The first kappa shape index (κ1) is 31.7. The lowest BCUT2D eigenvalue weighted by Gasteiger charge is -2.39. The van der Waals surface area contributed by atoms with Crippen LogP contribution in [0.3, 0.4) is 0 Å². The standard InChI is InChI=1S/C31H40ClN3O7/c1-5-8-13-24(37)33-17-19(4)41-30(40)25-23-14-15-31(42-23)26(25)28(38)35(20(7-3)18-36)27(31)29(39)34(16-6-2)22-12-10-9-11-21(22)32/h5-6,9-12,19-20,23,25-27,36H,1-2,7-8,13-18H2,3-4H3,(H,33,37)/t19-,20-,23+,25-,26-,27+,31-/m0/s1. The summed E-state index contributed by atoms with van der Waals surface area (Å²) in [5.74, 6) is -3.50. The molecule has 0 saturated carbocycles. The highest BCUT2D eigenvalue weighted by Crippen LogP contribution is 2.59. The summed E-state index contributed by atoms with van der Waals surface area (Å²) in [7, 11) is 0. The van der Waals surface area contributed by atoms with E-state index in [0.717, 1.165) is 0 Å². The molecule has 1 spiro atoms. The maximum absolute atomic E-state index is 14.5. The van der Waals surface area contributed by atoms with Gasteiger partial charge in [0, 0.05) is 13.0 Å². The first-order valence-electron chi connectivity index (χ1n) is 14.5. The number of hydrogen-bond acceptors (Lipinski definition) is 7. The predicted octanol–water partition coefficient (Wildman–Crippen LogP) is 3.02. The van der Waals surface area contributed by atoms with Crippen molar-refractivity contribution in [3.63, 3.8) is 0 Å². The Bertz CT molecular complexity index is 1220. The lowest BCUT2D eigenvalue weighted by Crippen LogP contribution is -2.59. The van der Waals surface area contributed by atoms with E-state index in [1.54, 1.807) is 43.3 Å². The summed E-state index contributed by atoms with van der Waals surface area (Å²) in [4.78, 5) is 57.1. The molecule has 3 saturated heterocycles. The molecule has 3 fully saturated rings. The van der Waals surface area contributed by atoms with Crippen LogP contribution in [0.4, 0.5) is 5.69 Å². The monoisotopic (exact) mass is 601 g/mol. The van der Waals surface area contributed by atoms with Crippen molar-refractivity contribution in [1.29, 1.82) is 0 Å². The summed E-state index contributed by atoms with van der Waals surface area (Å²) in [5, 5.41) is 13.4. The molecule has 1 aromatic carbocycles. The van der Waals surface area contributed by atoms with Gasteiger partial charge in [0.15, 0.2) is 0 Å². The molecule has 228 valence electrons. The minimum atomic E-state index is -1.27. The number of rotatable bonds is 14. The number of amides is 3. The Labute approximate surface area is 251 Å². The number of aliphatic hydroxyl groups excluding tert-OH is 1. The number of para-hydroxylation sites is 1.